The van der Waals surface area contributed by atoms with Crippen molar-refractivity contribution in [1.82, 2.24) is 4.98 Å². The molecule has 2 N–H and O–H groups in total. The summed E-state index contributed by atoms with van der Waals surface area (Å²) in [6.07, 6.45) is 3.00. The standard InChI is InChI=1S/C24H26N2O2/c1-17-5-3-6-21(15-17)23(7-4-14-27)24(28)26-22-10-8-19(9-11-22)20-12-13-25-18(2)16-20/h3,5-6,8-13,15-16,23,27H,4,7,14H2,1-2H3,(H,26,28). The van der Waals surface area contributed by atoms with Gasteiger partial charge in [-0.25, -0.2) is 0 Å². The second-order valence-corrected chi connectivity index (χ2v) is 7.09. The molecule has 0 spiro atoms. The lowest BCUT2D eigenvalue weighted by Gasteiger charge is -2.18. The van der Waals surface area contributed by atoms with E-state index in [9.17, 15) is 9.90 Å². The summed E-state index contributed by atoms with van der Waals surface area (Å²) in [4.78, 5) is 17.2. The van der Waals surface area contributed by atoms with Crippen LogP contribution in [-0.2, 0) is 4.79 Å². The predicted molar refractivity (Wildman–Crippen MR) is 113 cm³/mol. The Bertz CT molecular complexity index is 935. The first kappa shape index (κ1) is 19.8. The largest absolute Gasteiger partial charge is 0.396 e. The lowest BCUT2D eigenvalue weighted by molar-refractivity contribution is -0.117. The number of nitrogens with one attached hydrogen (secondary N) is 1. The molecule has 3 aromatic rings. The van der Waals surface area contributed by atoms with Crippen LogP contribution in [0.3, 0.4) is 0 Å². The monoisotopic (exact) mass is 374 g/mol. The highest BCUT2D eigenvalue weighted by molar-refractivity contribution is 5.96. The third kappa shape index (κ3) is 5.05. The van der Waals surface area contributed by atoms with Gasteiger partial charge in [0.1, 0.15) is 0 Å². The number of benzene rings is 2. The van der Waals surface area contributed by atoms with E-state index in [1.165, 1.54) is 0 Å². The highest BCUT2D eigenvalue weighted by Gasteiger charge is 2.20. The number of hydrogen-bond acceptors (Lipinski definition) is 3. The van der Waals surface area contributed by atoms with Gasteiger partial charge in [0.25, 0.3) is 0 Å². The van der Waals surface area contributed by atoms with Gasteiger partial charge in [0.15, 0.2) is 0 Å². The molecule has 1 unspecified atom stereocenters. The van der Waals surface area contributed by atoms with Crippen molar-refractivity contribution < 1.29 is 9.90 Å². The highest BCUT2D eigenvalue weighted by Crippen LogP contribution is 2.26. The van der Waals surface area contributed by atoms with E-state index in [0.29, 0.717) is 12.8 Å². The maximum atomic E-state index is 12.9. The lowest BCUT2D eigenvalue weighted by Crippen LogP contribution is -2.21. The number of nitrogens with zero attached hydrogens (tertiary/aromatic N) is 1. The predicted octanol–water partition coefficient (Wildman–Crippen LogP) is 4.86. The van der Waals surface area contributed by atoms with E-state index >= 15 is 0 Å². The van der Waals surface area contributed by atoms with Crippen molar-refractivity contribution in [2.75, 3.05) is 11.9 Å². The molecule has 1 amide bonds. The zero-order valence-electron chi connectivity index (χ0n) is 16.4. The van der Waals surface area contributed by atoms with Crippen molar-refractivity contribution >= 4 is 11.6 Å². The number of pyridine rings is 1. The molecule has 0 bridgehead atoms. The van der Waals surface area contributed by atoms with Gasteiger partial charge in [-0.15, -0.1) is 0 Å². The number of carbonyl (C=O) groups excluding carboxylic acids is 1. The van der Waals surface area contributed by atoms with Gasteiger partial charge in [-0.1, -0.05) is 42.0 Å². The topological polar surface area (TPSA) is 62.2 Å². The van der Waals surface area contributed by atoms with Gasteiger partial charge in [0.2, 0.25) is 5.91 Å². The van der Waals surface area contributed by atoms with Gasteiger partial charge in [-0.2, -0.15) is 0 Å². The summed E-state index contributed by atoms with van der Waals surface area (Å²) in [7, 11) is 0. The fourth-order valence-electron chi connectivity index (χ4n) is 3.33. The fourth-order valence-corrected chi connectivity index (χ4v) is 3.33. The van der Waals surface area contributed by atoms with E-state index in [1.807, 2.05) is 74.5 Å². The Morgan fingerprint density at radius 1 is 1.04 bits per heavy atom. The van der Waals surface area contributed by atoms with E-state index in [-0.39, 0.29) is 18.4 Å². The Morgan fingerprint density at radius 2 is 1.82 bits per heavy atom. The van der Waals surface area contributed by atoms with E-state index < -0.39 is 0 Å². The molecular formula is C24H26N2O2. The van der Waals surface area contributed by atoms with Crippen LogP contribution in [0.15, 0.2) is 66.9 Å². The molecule has 2 aromatic carbocycles. The van der Waals surface area contributed by atoms with Crippen molar-refractivity contribution in [1.29, 1.82) is 0 Å². The smallest absolute Gasteiger partial charge is 0.231 e. The van der Waals surface area contributed by atoms with E-state index in [4.69, 9.17) is 0 Å². The van der Waals surface area contributed by atoms with Crippen LogP contribution in [0.25, 0.3) is 11.1 Å². The summed E-state index contributed by atoms with van der Waals surface area (Å²) >= 11 is 0. The number of amides is 1. The quantitative estimate of drug-likeness (QED) is 0.621. The molecule has 4 heteroatoms. The molecule has 0 saturated heterocycles. The summed E-state index contributed by atoms with van der Waals surface area (Å²) < 4.78 is 0. The Balaban J connectivity index is 1.75. The fraction of sp³-hybridized carbons (Fsp3) is 0.250. The SMILES string of the molecule is Cc1cccc(C(CCCO)C(=O)Nc2ccc(-c3ccnc(C)c3)cc2)c1. The highest BCUT2D eigenvalue weighted by atomic mass is 16.3. The number of aryl methyl sites for hydroxylation is 2. The summed E-state index contributed by atoms with van der Waals surface area (Å²) in [6, 6.07) is 19.9. The average molecular weight is 374 g/mol. The van der Waals surface area contributed by atoms with Gasteiger partial charge < -0.3 is 10.4 Å². The maximum Gasteiger partial charge on any atom is 0.231 e. The van der Waals surface area contributed by atoms with E-state index in [0.717, 1.165) is 33.6 Å². The summed E-state index contributed by atoms with van der Waals surface area (Å²) in [5, 5.41) is 12.2. The molecule has 1 atom stereocenters. The Hall–Kier alpha value is -2.98. The Labute approximate surface area is 166 Å². The van der Waals surface area contributed by atoms with Gasteiger partial charge in [0, 0.05) is 24.2 Å². The first-order valence-electron chi connectivity index (χ1n) is 9.58. The first-order chi connectivity index (χ1) is 13.6. The van der Waals surface area contributed by atoms with Gasteiger partial charge >= 0.3 is 0 Å². The molecule has 1 heterocycles. The second-order valence-electron chi connectivity index (χ2n) is 7.09. The summed E-state index contributed by atoms with van der Waals surface area (Å²) in [6.45, 7) is 4.07. The number of rotatable bonds is 7. The maximum absolute atomic E-state index is 12.9. The number of hydrogen-bond donors (Lipinski definition) is 2. The normalized spacial score (nSPS) is 11.8. The molecule has 0 radical (unpaired) electrons. The number of aliphatic hydroxyl groups is 1. The molecule has 28 heavy (non-hydrogen) atoms. The molecule has 0 aliphatic heterocycles. The zero-order chi connectivity index (χ0) is 19.9. The number of carbonyl (C=O) groups is 1. The number of anilines is 1. The Kier molecular flexibility index (Phi) is 6.56. The molecule has 144 valence electrons. The summed E-state index contributed by atoms with van der Waals surface area (Å²) in [5.41, 5.74) is 6.03. The van der Waals surface area contributed by atoms with Crippen LogP contribution < -0.4 is 5.32 Å². The minimum Gasteiger partial charge on any atom is -0.396 e. The Morgan fingerprint density at radius 3 is 2.50 bits per heavy atom. The van der Waals surface area contributed by atoms with Crippen LogP contribution in [-0.4, -0.2) is 22.6 Å². The molecular weight excluding hydrogens is 348 g/mol. The van der Waals surface area contributed by atoms with Crippen LogP contribution in [0.5, 0.6) is 0 Å². The van der Waals surface area contributed by atoms with Crippen LogP contribution >= 0.6 is 0 Å². The molecule has 0 saturated carbocycles. The zero-order valence-corrected chi connectivity index (χ0v) is 16.4. The molecule has 0 aliphatic carbocycles. The van der Waals surface area contributed by atoms with Crippen molar-refractivity contribution in [2.24, 2.45) is 0 Å². The number of aliphatic hydroxyl groups excluding tert-OH is 1. The van der Waals surface area contributed by atoms with Crippen LogP contribution in [0.1, 0.15) is 35.6 Å². The molecule has 0 aliphatic rings. The van der Waals surface area contributed by atoms with Crippen LogP contribution in [0.4, 0.5) is 5.69 Å². The average Bonchev–Trinajstić information content (AvgIpc) is 2.69. The molecule has 0 fully saturated rings. The van der Waals surface area contributed by atoms with Crippen LogP contribution in [0, 0.1) is 13.8 Å². The van der Waals surface area contributed by atoms with E-state index in [1.54, 1.807) is 6.20 Å². The van der Waals surface area contributed by atoms with Crippen molar-refractivity contribution in [3.63, 3.8) is 0 Å². The molecule has 4 nitrogen and oxygen atoms in total. The van der Waals surface area contributed by atoms with Crippen molar-refractivity contribution in [2.45, 2.75) is 32.6 Å². The minimum atomic E-state index is -0.283. The number of aromatic nitrogens is 1. The van der Waals surface area contributed by atoms with Gasteiger partial charge in [-0.05, 0) is 67.6 Å². The van der Waals surface area contributed by atoms with Crippen molar-refractivity contribution in [3.05, 3.63) is 83.7 Å². The summed E-state index contributed by atoms with van der Waals surface area (Å²) in [5.74, 6) is -0.332. The van der Waals surface area contributed by atoms with Gasteiger partial charge in [0.05, 0.1) is 5.92 Å². The van der Waals surface area contributed by atoms with Crippen LogP contribution in [0.2, 0.25) is 0 Å². The third-order valence-electron chi connectivity index (χ3n) is 4.79. The first-order valence-corrected chi connectivity index (χ1v) is 9.58. The van der Waals surface area contributed by atoms with Gasteiger partial charge in [-0.3, -0.25) is 9.78 Å². The minimum absolute atomic E-state index is 0.0495. The second kappa shape index (κ2) is 9.29. The van der Waals surface area contributed by atoms with E-state index in [2.05, 4.69) is 10.3 Å². The van der Waals surface area contributed by atoms with Crippen molar-refractivity contribution in [3.8, 4) is 11.1 Å². The third-order valence-corrected chi connectivity index (χ3v) is 4.79. The lowest BCUT2D eigenvalue weighted by atomic mass is 9.92. The molecule has 1 aromatic heterocycles. The molecule has 3 rings (SSSR count).